The number of hydroxylamine groups is 3. The summed E-state index contributed by atoms with van der Waals surface area (Å²) in [5, 5.41) is 25.8. The zero-order chi connectivity index (χ0) is 23.1. The predicted molar refractivity (Wildman–Crippen MR) is 108 cm³/mol. The number of likely N-dealkylation sites (tertiary alicyclic amines) is 1. The zero-order valence-electron chi connectivity index (χ0n) is 16.9. The minimum atomic E-state index is -3.72. The standard InChI is InChI=1S/C22H19F2N3O5/c1-13(16-6-8-18-19(10-16)32-22(23,24)31-18)26-12-27(30)14(2)17(20(27)21(28)29)7-5-15-4-3-9-25-11-15/h3-4,6,8-11,13,17,20,26H,2,12H2,1H3,(H,28,29)/t13-,17+,20+,27?/m1/s1. The molecule has 2 aromatic rings. The summed E-state index contributed by atoms with van der Waals surface area (Å²) in [6, 6.07) is 5.89. The Kier molecular flexibility index (Phi) is 5.34. The van der Waals surface area contributed by atoms with E-state index in [-0.39, 0.29) is 23.9 Å². The van der Waals surface area contributed by atoms with Gasteiger partial charge in [0, 0.05) is 24.0 Å². The maximum Gasteiger partial charge on any atom is 0.586 e. The monoisotopic (exact) mass is 443 g/mol. The largest absolute Gasteiger partial charge is 0.626 e. The number of halogens is 2. The van der Waals surface area contributed by atoms with Gasteiger partial charge in [-0.25, -0.2) is 4.79 Å². The second kappa shape index (κ2) is 7.87. The van der Waals surface area contributed by atoms with Crippen LogP contribution < -0.4 is 14.8 Å². The number of carboxylic acids is 1. The number of carbonyl (C=O) groups is 1. The molecule has 1 saturated heterocycles. The molecule has 1 aromatic heterocycles. The highest BCUT2D eigenvalue weighted by atomic mass is 19.3. The molecule has 8 nitrogen and oxygen atoms in total. The van der Waals surface area contributed by atoms with Gasteiger partial charge in [0.05, 0.1) is 0 Å². The van der Waals surface area contributed by atoms with Crippen LogP contribution in [0.1, 0.15) is 24.1 Å². The third-order valence-corrected chi connectivity index (χ3v) is 5.45. The molecule has 1 unspecified atom stereocenters. The molecule has 166 valence electrons. The third-order valence-electron chi connectivity index (χ3n) is 5.45. The molecule has 1 aromatic carbocycles. The zero-order valence-corrected chi connectivity index (χ0v) is 16.9. The first-order chi connectivity index (χ1) is 15.1. The van der Waals surface area contributed by atoms with E-state index in [0.717, 1.165) is 0 Å². The van der Waals surface area contributed by atoms with E-state index in [9.17, 15) is 23.9 Å². The highest BCUT2D eigenvalue weighted by Gasteiger charge is 2.57. The van der Waals surface area contributed by atoms with Gasteiger partial charge in [0.15, 0.2) is 17.4 Å². The van der Waals surface area contributed by atoms with Crippen molar-refractivity contribution in [2.75, 3.05) is 6.67 Å². The SMILES string of the molecule is C=C1[C@H](C#Cc2cccnc2)[C@@H](C(=O)O)[N+]1([O-])CN[C@H](C)c1ccc2c(c1)OC(F)(F)O2. The van der Waals surface area contributed by atoms with Crippen molar-refractivity contribution in [3.8, 4) is 23.3 Å². The summed E-state index contributed by atoms with van der Waals surface area (Å²) in [4.78, 5) is 15.7. The van der Waals surface area contributed by atoms with Gasteiger partial charge in [-0.15, -0.1) is 8.78 Å². The first kappa shape index (κ1) is 21.7. The van der Waals surface area contributed by atoms with Crippen LogP contribution in [0.2, 0.25) is 0 Å². The van der Waals surface area contributed by atoms with E-state index in [2.05, 4.69) is 38.2 Å². The number of rotatable bonds is 5. The number of fused-ring (bicyclic) bond motifs is 1. The van der Waals surface area contributed by atoms with Gasteiger partial charge in [0.1, 0.15) is 12.4 Å². The molecule has 0 amide bonds. The maximum atomic E-state index is 13.3. The van der Waals surface area contributed by atoms with Crippen LogP contribution in [0.3, 0.4) is 0 Å². The number of pyridine rings is 1. The third kappa shape index (κ3) is 3.89. The molecular formula is C22H19F2N3O5. The molecule has 2 aliphatic rings. The summed E-state index contributed by atoms with van der Waals surface area (Å²) in [7, 11) is 0. The molecule has 10 heteroatoms. The van der Waals surface area contributed by atoms with Crippen molar-refractivity contribution in [2.45, 2.75) is 25.3 Å². The van der Waals surface area contributed by atoms with Gasteiger partial charge in [-0.2, -0.15) is 0 Å². The van der Waals surface area contributed by atoms with Crippen molar-refractivity contribution in [1.82, 2.24) is 10.3 Å². The van der Waals surface area contributed by atoms with Crippen molar-refractivity contribution in [3.05, 3.63) is 71.3 Å². The number of aromatic nitrogens is 1. The highest BCUT2D eigenvalue weighted by Crippen LogP contribution is 2.44. The van der Waals surface area contributed by atoms with E-state index in [1.54, 1.807) is 31.3 Å². The first-order valence-electron chi connectivity index (χ1n) is 9.66. The van der Waals surface area contributed by atoms with E-state index in [1.807, 2.05) is 0 Å². The molecule has 4 atom stereocenters. The molecule has 3 heterocycles. The lowest BCUT2D eigenvalue weighted by atomic mass is 9.84. The number of hydrogen-bond donors (Lipinski definition) is 2. The number of hydrogen-bond acceptors (Lipinski definition) is 6. The van der Waals surface area contributed by atoms with Crippen molar-refractivity contribution < 1.29 is 32.8 Å². The van der Waals surface area contributed by atoms with Crippen LogP contribution in [0.5, 0.6) is 11.5 Å². The summed E-state index contributed by atoms with van der Waals surface area (Å²) in [6.07, 6.45) is -0.600. The molecule has 0 bridgehead atoms. The Hall–Kier alpha value is -3.52. The van der Waals surface area contributed by atoms with Crippen LogP contribution in [0.25, 0.3) is 0 Å². The number of aliphatic carboxylic acids is 1. The Labute approximate surface area is 182 Å². The van der Waals surface area contributed by atoms with E-state index < -0.39 is 34.9 Å². The lowest BCUT2D eigenvalue weighted by Gasteiger charge is -2.57. The van der Waals surface area contributed by atoms with Crippen LogP contribution in [0.15, 0.2) is 55.0 Å². The summed E-state index contributed by atoms with van der Waals surface area (Å²) in [5.74, 6) is 3.35. The molecule has 1 fully saturated rings. The van der Waals surface area contributed by atoms with E-state index in [1.165, 1.54) is 18.3 Å². The van der Waals surface area contributed by atoms with Crippen molar-refractivity contribution in [1.29, 1.82) is 0 Å². The smallest absolute Gasteiger partial charge is 0.586 e. The van der Waals surface area contributed by atoms with Gasteiger partial charge in [-0.3, -0.25) is 10.3 Å². The Morgan fingerprint density at radius 3 is 2.84 bits per heavy atom. The van der Waals surface area contributed by atoms with Crippen LogP contribution in [0, 0.1) is 23.0 Å². The number of benzene rings is 1. The molecular weight excluding hydrogens is 424 g/mol. The fourth-order valence-electron chi connectivity index (χ4n) is 3.66. The van der Waals surface area contributed by atoms with Crippen molar-refractivity contribution >= 4 is 5.97 Å². The highest BCUT2D eigenvalue weighted by molar-refractivity contribution is 5.76. The molecule has 0 radical (unpaired) electrons. The van der Waals surface area contributed by atoms with E-state index >= 15 is 0 Å². The van der Waals surface area contributed by atoms with Gasteiger partial charge in [0.2, 0.25) is 6.04 Å². The molecule has 2 N–H and O–H groups in total. The number of nitrogens with zero attached hydrogens (tertiary/aromatic N) is 2. The lowest BCUT2D eigenvalue weighted by molar-refractivity contribution is -0.905. The maximum absolute atomic E-state index is 13.3. The fourth-order valence-corrected chi connectivity index (χ4v) is 3.66. The van der Waals surface area contributed by atoms with Gasteiger partial charge < -0.3 is 24.4 Å². The Bertz CT molecular complexity index is 1130. The van der Waals surface area contributed by atoms with Gasteiger partial charge in [-0.05, 0) is 43.3 Å². The van der Waals surface area contributed by atoms with Crippen LogP contribution >= 0.6 is 0 Å². The minimum Gasteiger partial charge on any atom is -0.626 e. The molecule has 0 aliphatic carbocycles. The molecule has 2 aliphatic heterocycles. The number of alkyl halides is 2. The number of quaternary nitrogens is 1. The summed E-state index contributed by atoms with van der Waals surface area (Å²) >= 11 is 0. The normalized spacial score (nSPS) is 25.9. The van der Waals surface area contributed by atoms with Crippen LogP contribution in [-0.2, 0) is 4.79 Å². The van der Waals surface area contributed by atoms with Crippen molar-refractivity contribution in [3.63, 3.8) is 0 Å². The average Bonchev–Trinajstić information content (AvgIpc) is 3.07. The van der Waals surface area contributed by atoms with Gasteiger partial charge in [0.25, 0.3) is 0 Å². The first-order valence-corrected chi connectivity index (χ1v) is 9.66. The van der Waals surface area contributed by atoms with E-state index in [0.29, 0.717) is 11.1 Å². The summed E-state index contributed by atoms with van der Waals surface area (Å²) in [5.41, 5.74) is 1.28. The second-order valence-electron chi connectivity index (χ2n) is 7.52. The number of carboxylic acid groups (broad SMARTS) is 1. The van der Waals surface area contributed by atoms with Crippen LogP contribution in [-0.4, -0.2) is 39.7 Å². The number of ether oxygens (including phenoxy) is 2. The quantitative estimate of drug-likeness (QED) is 0.416. The Morgan fingerprint density at radius 1 is 1.41 bits per heavy atom. The summed E-state index contributed by atoms with van der Waals surface area (Å²) in [6.45, 7) is 5.20. The molecule has 4 rings (SSSR count). The molecule has 0 spiro atoms. The van der Waals surface area contributed by atoms with Crippen molar-refractivity contribution in [2.24, 2.45) is 5.92 Å². The average molecular weight is 443 g/mol. The summed E-state index contributed by atoms with van der Waals surface area (Å²) < 4.78 is 34.1. The number of nitrogens with one attached hydrogen (secondary N) is 1. The fraction of sp³-hybridized carbons (Fsp3) is 0.273. The van der Waals surface area contributed by atoms with Gasteiger partial charge >= 0.3 is 12.3 Å². The predicted octanol–water partition coefficient (Wildman–Crippen LogP) is 2.97. The lowest BCUT2D eigenvalue weighted by Crippen LogP contribution is -2.70. The molecule has 32 heavy (non-hydrogen) atoms. The minimum absolute atomic E-state index is 0.0876. The molecule has 0 saturated carbocycles. The topological polar surface area (TPSA) is 104 Å². The second-order valence-corrected chi connectivity index (χ2v) is 7.52. The Morgan fingerprint density at radius 2 is 2.16 bits per heavy atom. The van der Waals surface area contributed by atoms with Crippen LogP contribution in [0.4, 0.5) is 8.78 Å². The van der Waals surface area contributed by atoms with E-state index in [4.69, 9.17) is 0 Å². The Balaban J connectivity index is 1.45. The van der Waals surface area contributed by atoms with Gasteiger partial charge in [-0.1, -0.05) is 17.9 Å².